The van der Waals surface area contributed by atoms with Crippen LogP contribution in [0.25, 0.3) is 16.2 Å². The lowest BCUT2D eigenvalue weighted by atomic mass is 10.2. The van der Waals surface area contributed by atoms with Gasteiger partial charge in [-0.1, -0.05) is 35.1 Å². The number of hydrogen-bond donors (Lipinski definition) is 1. The number of fused-ring (bicyclic) bond motifs is 1. The van der Waals surface area contributed by atoms with Crippen molar-refractivity contribution in [2.24, 2.45) is 5.14 Å². The number of primary sulfonamides is 1. The van der Waals surface area contributed by atoms with E-state index in [0.29, 0.717) is 20.3 Å². The third kappa shape index (κ3) is 3.15. The number of halogens is 3. The SMILES string of the molecule is Br.NS(=O)(=O)c1nn2c(Br)c(-c3ccc(Cl)cc3)nc2s1. The van der Waals surface area contributed by atoms with Crippen molar-refractivity contribution in [1.29, 1.82) is 0 Å². The van der Waals surface area contributed by atoms with Crippen LogP contribution < -0.4 is 5.14 Å². The van der Waals surface area contributed by atoms with Crippen molar-refractivity contribution in [3.05, 3.63) is 33.9 Å². The molecule has 2 heterocycles. The van der Waals surface area contributed by atoms with Crippen molar-refractivity contribution in [2.45, 2.75) is 4.34 Å². The number of rotatable bonds is 2. The van der Waals surface area contributed by atoms with Crippen LogP contribution in [-0.2, 0) is 10.0 Å². The molecule has 1 aromatic carbocycles. The maximum Gasteiger partial charge on any atom is 0.267 e. The van der Waals surface area contributed by atoms with Crippen LogP contribution in [0.4, 0.5) is 0 Å². The summed E-state index contributed by atoms with van der Waals surface area (Å²) in [5.41, 5.74) is 1.50. The largest absolute Gasteiger partial charge is 0.267 e. The highest BCUT2D eigenvalue weighted by atomic mass is 79.9. The van der Waals surface area contributed by atoms with E-state index in [1.807, 2.05) is 12.1 Å². The predicted octanol–water partition coefficient (Wildman–Crippen LogP) is 3.10. The van der Waals surface area contributed by atoms with Crippen molar-refractivity contribution in [3.63, 3.8) is 0 Å². The minimum absolute atomic E-state index is 0. The van der Waals surface area contributed by atoms with E-state index in [1.165, 1.54) is 4.52 Å². The Morgan fingerprint density at radius 2 is 1.90 bits per heavy atom. The lowest BCUT2D eigenvalue weighted by Gasteiger charge is -1.98. The molecular weight excluding hydrogens is 468 g/mol. The van der Waals surface area contributed by atoms with Gasteiger partial charge in [0.1, 0.15) is 10.3 Å². The van der Waals surface area contributed by atoms with Gasteiger partial charge in [0, 0.05) is 10.6 Å². The molecule has 21 heavy (non-hydrogen) atoms. The number of hydrogen-bond acceptors (Lipinski definition) is 5. The number of benzene rings is 1. The number of imidazole rings is 1. The van der Waals surface area contributed by atoms with Crippen LogP contribution in [0.3, 0.4) is 0 Å². The zero-order chi connectivity index (χ0) is 14.5. The van der Waals surface area contributed by atoms with E-state index < -0.39 is 10.0 Å². The van der Waals surface area contributed by atoms with Gasteiger partial charge < -0.3 is 0 Å². The van der Waals surface area contributed by atoms with Crippen molar-refractivity contribution in [1.82, 2.24) is 14.6 Å². The van der Waals surface area contributed by atoms with E-state index in [0.717, 1.165) is 16.9 Å². The van der Waals surface area contributed by atoms with Gasteiger partial charge in [-0.05, 0) is 28.1 Å². The summed E-state index contributed by atoms with van der Waals surface area (Å²) in [4.78, 5) is 4.79. The van der Waals surface area contributed by atoms with Gasteiger partial charge in [-0.25, -0.2) is 18.5 Å². The minimum Gasteiger partial charge on any atom is -0.223 e. The van der Waals surface area contributed by atoms with E-state index in [4.69, 9.17) is 16.7 Å². The first kappa shape index (κ1) is 16.8. The lowest BCUT2D eigenvalue weighted by Crippen LogP contribution is -2.12. The number of nitrogens with two attached hydrogens (primary N) is 1. The van der Waals surface area contributed by atoms with Crippen LogP contribution in [0.5, 0.6) is 0 Å². The summed E-state index contributed by atoms with van der Waals surface area (Å²) < 4.78 is 24.3. The molecule has 0 saturated heterocycles. The Morgan fingerprint density at radius 3 is 2.43 bits per heavy atom. The van der Waals surface area contributed by atoms with Gasteiger partial charge in [0.25, 0.3) is 10.0 Å². The molecule has 2 N–H and O–H groups in total. The van der Waals surface area contributed by atoms with Crippen LogP contribution in [0.15, 0.2) is 33.2 Å². The second-order valence-electron chi connectivity index (χ2n) is 3.87. The Hall–Kier alpha value is -0.520. The molecule has 0 unspecified atom stereocenters. The fourth-order valence-electron chi connectivity index (χ4n) is 1.61. The Morgan fingerprint density at radius 1 is 1.29 bits per heavy atom. The molecular formula is C10H7Br2ClN4O2S2. The average Bonchev–Trinajstić information content (AvgIpc) is 2.91. The first-order chi connectivity index (χ1) is 9.36. The Balaban J connectivity index is 0.00000161. The van der Waals surface area contributed by atoms with Crippen molar-refractivity contribution >= 4 is 70.8 Å². The quantitative estimate of drug-likeness (QED) is 0.618. The summed E-state index contributed by atoms with van der Waals surface area (Å²) in [5, 5.41) is 9.60. The number of aromatic nitrogens is 3. The highest BCUT2D eigenvalue weighted by Gasteiger charge is 2.20. The molecule has 3 aromatic rings. The average molecular weight is 475 g/mol. The molecule has 0 atom stereocenters. The van der Waals surface area contributed by atoms with Gasteiger partial charge >= 0.3 is 0 Å². The molecule has 0 amide bonds. The Kier molecular flexibility index (Phi) is 4.76. The van der Waals surface area contributed by atoms with Gasteiger partial charge in [0.05, 0.1) is 0 Å². The van der Waals surface area contributed by atoms with Crippen LogP contribution in [-0.4, -0.2) is 23.0 Å². The molecule has 0 aliphatic rings. The first-order valence-corrected chi connectivity index (χ1v) is 8.73. The third-order valence-corrected chi connectivity index (χ3v) is 5.67. The molecule has 0 saturated carbocycles. The van der Waals surface area contributed by atoms with Crippen molar-refractivity contribution < 1.29 is 8.42 Å². The smallest absolute Gasteiger partial charge is 0.223 e. The summed E-state index contributed by atoms with van der Waals surface area (Å²) in [6, 6.07) is 7.14. The van der Waals surface area contributed by atoms with Gasteiger partial charge in [0.2, 0.25) is 9.30 Å². The molecule has 0 bridgehead atoms. The monoisotopic (exact) mass is 472 g/mol. The van der Waals surface area contributed by atoms with Crippen LogP contribution in [0.1, 0.15) is 0 Å². The normalized spacial score (nSPS) is 11.6. The minimum atomic E-state index is -3.83. The molecule has 0 aliphatic heterocycles. The van der Waals surface area contributed by atoms with Crippen LogP contribution in [0, 0.1) is 0 Å². The van der Waals surface area contributed by atoms with Crippen LogP contribution in [0.2, 0.25) is 5.02 Å². The maximum atomic E-state index is 11.3. The van der Waals surface area contributed by atoms with E-state index in [9.17, 15) is 8.42 Å². The Bertz CT molecular complexity index is 905. The number of nitrogens with zero attached hydrogens (tertiary/aromatic N) is 3. The van der Waals surface area contributed by atoms with Crippen molar-refractivity contribution in [3.8, 4) is 11.3 Å². The van der Waals surface area contributed by atoms with Gasteiger partial charge in [-0.15, -0.1) is 22.1 Å². The molecule has 6 nitrogen and oxygen atoms in total. The van der Waals surface area contributed by atoms with E-state index in [-0.39, 0.29) is 21.3 Å². The summed E-state index contributed by atoms with van der Waals surface area (Å²) in [5.74, 6) is 0. The summed E-state index contributed by atoms with van der Waals surface area (Å²) >= 11 is 10.1. The summed E-state index contributed by atoms with van der Waals surface area (Å²) in [7, 11) is -3.83. The van der Waals surface area contributed by atoms with E-state index in [1.54, 1.807) is 12.1 Å². The van der Waals surface area contributed by atoms with Gasteiger partial charge in [0.15, 0.2) is 0 Å². The molecule has 11 heteroatoms. The second-order valence-corrected chi connectivity index (χ2v) is 7.74. The fourth-order valence-corrected chi connectivity index (χ4v) is 3.94. The third-order valence-electron chi connectivity index (χ3n) is 2.49. The van der Waals surface area contributed by atoms with E-state index in [2.05, 4.69) is 26.0 Å². The molecule has 0 spiro atoms. The number of sulfonamides is 1. The van der Waals surface area contributed by atoms with E-state index >= 15 is 0 Å². The highest BCUT2D eigenvalue weighted by Crippen LogP contribution is 2.32. The molecule has 2 aromatic heterocycles. The summed E-state index contributed by atoms with van der Waals surface area (Å²) in [6.07, 6.45) is 0. The van der Waals surface area contributed by atoms with Crippen LogP contribution >= 0.6 is 55.8 Å². The zero-order valence-electron chi connectivity index (χ0n) is 10.0. The van der Waals surface area contributed by atoms with Gasteiger partial charge in [-0.2, -0.15) is 4.52 Å². The standard InChI is InChI=1S/C10H6BrClN4O2S2.BrH/c11-8-7(5-1-3-6(12)4-2-5)14-9-16(8)15-10(19-9)20(13,17)18;/h1-4H,(H2,13,17,18);1H. The molecule has 3 rings (SSSR count). The predicted molar refractivity (Wildman–Crippen MR) is 90.7 cm³/mol. The lowest BCUT2D eigenvalue weighted by molar-refractivity contribution is 0.595. The molecule has 0 fully saturated rings. The molecule has 0 aliphatic carbocycles. The zero-order valence-corrected chi connectivity index (χ0v) is 15.7. The second kappa shape index (κ2) is 5.94. The summed E-state index contributed by atoms with van der Waals surface area (Å²) in [6.45, 7) is 0. The maximum absolute atomic E-state index is 11.3. The molecule has 0 radical (unpaired) electrons. The highest BCUT2D eigenvalue weighted by molar-refractivity contribution is 9.10. The van der Waals surface area contributed by atoms with Gasteiger partial charge in [-0.3, -0.25) is 0 Å². The fraction of sp³-hybridized carbons (Fsp3) is 0. The first-order valence-electron chi connectivity index (χ1n) is 5.20. The molecule has 112 valence electrons. The topological polar surface area (TPSA) is 90.4 Å². The van der Waals surface area contributed by atoms with Crippen molar-refractivity contribution in [2.75, 3.05) is 0 Å². The Labute approximate surface area is 147 Å².